The van der Waals surface area contributed by atoms with Crippen LogP contribution in [0.4, 0.5) is 17.6 Å². The van der Waals surface area contributed by atoms with Crippen molar-refractivity contribution in [1.29, 1.82) is 0 Å². The van der Waals surface area contributed by atoms with E-state index in [-0.39, 0.29) is 0 Å². The van der Waals surface area contributed by atoms with Crippen molar-refractivity contribution in [3.8, 4) is 5.75 Å². The van der Waals surface area contributed by atoms with E-state index in [1.165, 1.54) is 0 Å². The van der Waals surface area contributed by atoms with Crippen LogP contribution in [0.1, 0.15) is 11.6 Å². The molecular formula is C9H9F4NO2. The molecule has 90 valence electrons. The summed E-state index contributed by atoms with van der Waals surface area (Å²) >= 11 is 0. The maximum Gasteiger partial charge on any atom is 0.416 e. The lowest BCUT2D eigenvalue weighted by Crippen LogP contribution is -2.38. The number of aliphatic hydroxyl groups excluding tert-OH is 1. The van der Waals surface area contributed by atoms with Crippen molar-refractivity contribution < 1.29 is 27.8 Å². The predicted molar refractivity (Wildman–Crippen MR) is 47.1 cm³/mol. The molecule has 1 rings (SSSR count). The Morgan fingerprint density at radius 3 is 2.31 bits per heavy atom. The predicted octanol–water partition coefficient (Wildman–Crippen LogP) is 1.45. The molecule has 7 heteroatoms. The zero-order valence-corrected chi connectivity index (χ0v) is 7.87. The number of hydrogen-bond acceptors (Lipinski definition) is 3. The lowest BCUT2D eigenvalue weighted by molar-refractivity contribution is -0.210. The number of hydrogen-bond donors (Lipinski definition) is 3. The molecule has 3 nitrogen and oxygen atoms in total. The van der Waals surface area contributed by atoms with E-state index < -0.39 is 35.5 Å². The SMILES string of the molecule is N[C@H](c1cc(F)ccc1O)[C@@H](O)C(F)(F)F. The molecule has 0 saturated heterocycles. The van der Waals surface area contributed by atoms with Crippen LogP contribution in [-0.4, -0.2) is 22.5 Å². The monoisotopic (exact) mass is 239 g/mol. The second-order valence-electron chi connectivity index (χ2n) is 3.22. The normalized spacial score (nSPS) is 15.9. The summed E-state index contributed by atoms with van der Waals surface area (Å²) in [6.45, 7) is 0. The third-order valence-electron chi connectivity index (χ3n) is 2.02. The number of rotatable bonds is 2. The maximum absolute atomic E-state index is 12.7. The number of phenolic OH excluding ortho intramolecular Hbond substituents is 1. The fraction of sp³-hybridized carbons (Fsp3) is 0.333. The quantitative estimate of drug-likeness (QED) is 0.684. The van der Waals surface area contributed by atoms with Gasteiger partial charge in [0.2, 0.25) is 0 Å². The molecule has 0 radical (unpaired) electrons. The van der Waals surface area contributed by atoms with E-state index in [2.05, 4.69) is 0 Å². The third kappa shape index (κ3) is 2.61. The van der Waals surface area contributed by atoms with E-state index in [0.29, 0.717) is 6.07 Å². The van der Waals surface area contributed by atoms with Gasteiger partial charge in [0.1, 0.15) is 11.6 Å². The number of halogens is 4. The van der Waals surface area contributed by atoms with Gasteiger partial charge in [-0.15, -0.1) is 0 Å². The standard InChI is InChI=1S/C9H9F4NO2/c10-4-1-2-6(15)5(3-4)7(14)8(16)9(11,12)13/h1-3,7-8,15-16H,14H2/t7-,8-/m1/s1. The van der Waals surface area contributed by atoms with Gasteiger partial charge < -0.3 is 15.9 Å². The lowest BCUT2D eigenvalue weighted by atomic mass is 10.0. The van der Waals surface area contributed by atoms with Crippen molar-refractivity contribution in [2.75, 3.05) is 0 Å². The molecule has 0 unspecified atom stereocenters. The molecule has 0 fully saturated rings. The minimum Gasteiger partial charge on any atom is -0.508 e. The van der Waals surface area contributed by atoms with E-state index in [4.69, 9.17) is 10.8 Å². The Balaban J connectivity index is 3.05. The summed E-state index contributed by atoms with van der Waals surface area (Å²) in [7, 11) is 0. The van der Waals surface area contributed by atoms with E-state index in [9.17, 15) is 22.7 Å². The molecule has 0 heterocycles. The van der Waals surface area contributed by atoms with Gasteiger partial charge >= 0.3 is 6.18 Å². The van der Waals surface area contributed by atoms with Crippen molar-refractivity contribution in [3.63, 3.8) is 0 Å². The molecule has 4 N–H and O–H groups in total. The van der Waals surface area contributed by atoms with Gasteiger partial charge in [0.25, 0.3) is 0 Å². The van der Waals surface area contributed by atoms with Crippen molar-refractivity contribution in [1.82, 2.24) is 0 Å². The van der Waals surface area contributed by atoms with Crippen LogP contribution in [0.2, 0.25) is 0 Å². The first-order valence-electron chi connectivity index (χ1n) is 4.22. The highest BCUT2D eigenvalue weighted by Gasteiger charge is 2.43. The second kappa shape index (κ2) is 4.26. The van der Waals surface area contributed by atoms with E-state index in [1.807, 2.05) is 0 Å². The largest absolute Gasteiger partial charge is 0.508 e. The zero-order valence-electron chi connectivity index (χ0n) is 7.87. The van der Waals surface area contributed by atoms with Crippen LogP contribution in [0.5, 0.6) is 5.75 Å². The minimum atomic E-state index is -4.93. The van der Waals surface area contributed by atoms with Crippen molar-refractivity contribution in [2.24, 2.45) is 5.73 Å². The third-order valence-corrected chi connectivity index (χ3v) is 2.02. The average molecular weight is 239 g/mol. The van der Waals surface area contributed by atoms with Gasteiger partial charge in [-0.25, -0.2) is 4.39 Å². The fourth-order valence-electron chi connectivity index (χ4n) is 1.17. The average Bonchev–Trinajstić information content (AvgIpc) is 2.18. The molecule has 0 aliphatic rings. The topological polar surface area (TPSA) is 66.5 Å². The number of phenols is 1. The number of alkyl halides is 3. The molecule has 1 aromatic carbocycles. The molecule has 0 amide bonds. The van der Waals surface area contributed by atoms with Gasteiger partial charge in [0.15, 0.2) is 6.10 Å². The highest BCUT2D eigenvalue weighted by Crippen LogP contribution is 2.32. The van der Waals surface area contributed by atoms with Crippen LogP contribution >= 0.6 is 0 Å². The van der Waals surface area contributed by atoms with Gasteiger partial charge in [-0.1, -0.05) is 0 Å². The van der Waals surface area contributed by atoms with Gasteiger partial charge in [0.05, 0.1) is 6.04 Å². The number of benzene rings is 1. The van der Waals surface area contributed by atoms with Crippen LogP contribution in [0.3, 0.4) is 0 Å². The van der Waals surface area contributed by atoms with Crippen molar-refractivity contribution >= 4 is 0 Å². The van der Waals surface area contributed by atoms with Crippen molar-refractivity contribution in [3.05, 3.63) is 29.6 Å². The Bertz CT molecular complexity index is 380. The Labute approximate surface area is 88.1 Å². The summed E-state index contributed by atoms with van der Waals surface area (Å²) in [6.07, 6.45) is -7.79. The molecule has 0 bridgehead atoms. The highest BCUT2D eigenvalue weighted by atomic mass is 19.4. The first-order chi connectivity index (χ1) is 7.23. The van der Waals surface area contributed by atoms with Gasteiger partial charge in [-0.3, -0.25) is 0 Å². The van der Waals surface area contributed by atoms with Gasteiger partial charge in [-0.2, -0.15) is 13.2 Å². The van der Waals surface area contributed by atoms with Crippen LogP contribution in [0.15, 0.2) is 18.2 Å². The Hall–Kier alpha value is -1.34. The van der Waals surface area contributed by atoms with E-state index in [0.717, 1.165) is 12.1 Å². The van der Waals surface area contributed by atoms with Crippen LogP contribution in [0, 0.1) is 5.82 Å². The summed E-state index contributed by atoms with van der Waals surface area (Å²) in [6, 6.07) is 0.449. The first kappa shape index (κ1) is 12.7. The van der Waals surface area contributed by atoms with Crippen LogP contribution < -0.4 is 5.73 Å². The molecule has 2 atom stereocenters. The molecule has 0 aliphatic heterocycles. The molecule has 1 aromatic rings. The number of aliphatic hydroxyl groups is 1. The number of aromatic hydroxyl groups is 1. The Morgan fingerprint density at radius 1 is 1.25 bits per heavy atom. The smallest absolute Gasteiger partial charge is 0.416 e. The summed E-state index contributed by atoms with van der Waals surface area (Å²) in [5.41, 5.74) is 4.60. The molecule has 16 heavy (non-hydrogen) atoms. The second-order valence-corrected chi connectivity index (χ2v) is 3.22. The van der Waals surface area contributed by atoms with E-state index in [1.54, 1.807) is 0 Å². The molecular weight excluding hydrogens is 230 g/mol. The minimum absolute atomic E-state index is 0.496. The molecule has 0 aliphatic carbocycles. The Morgan fingerprint density at radius 2 is 1.81 bits per heavy atom. The molecule has 0 saturated carbocycles. The van der Waals surface area contributed by atoms with Gasteiger partial charge in [-0.05, 0) is 18.2 Å². The fourth-order valence-corrected chi connectivity index (χ4v) is 1.17. The van der Waals surface area contributed by atoms with Crippen molar-refractivity contribution in [2.45, 2.75) is 18.3 Å². The maximum atomic E-state index is 12.7. The summed E-state index contributed by atoms with van der Waals surface area (Å²) in [5, 5.41) is 18.0. The van der Waals surface area contributed by atoms with Crippen LogP contribution in [-0.2, 0) is 0 Å². The first-order valence-corrected chi connectivity index (χ1v) is 4.22. The van der Waals surface area contributed by atoms with Crippen LogP contribution in [0.25, 0.3) is 0 Å². The lowest BCUT2D eigenvalue weighted by Gasteiger charge is -2.22. The van der Waals surface area contributed by atoms with E-state index >= 15 is 0 Å². The molecule has 0 spiro atoms. The summed E-state index contributed by atoms with van der Waals surface area (Å²) < 4.78 is 49.1. The zero-order chi connectivity index (χ0) is 12.5. The number of nitrogens with two attached hydrogens (primary N) is 1. The Kier molecular flexibility index (Phi) is 3.39. The molecule has 0 aromatic heterocycles. The summed E-state index contributed by atoms with van der Waals surface area (Å²) in [5.74, 6) is -1.45. The summed E-state index contributed by atoms with van der Waals surface area (Å²) in [4.78, 5) is 0. The van der Waals surface area contributed by atoms with Gasteiger partial charge in [0, 0.05) is 5.56 Å². The highest BCUT2D eigenvalue weighted by molar-refractivity contribution is 5.35.